The molecule has 0 bridgehead atoms. The molecule has 4 heteroatoms. The van der Waals surface area contributed by atoms with Gasteiger partial charge < -0.3 is 0 Å². The fourth-order valence-electron chi connectivity index (χ4n) is 1.79. The molecule has 0 aliphatic carbocycles. The van der Waals surface area contributed by atoms with E-state index in [4.69, 9.17) is 0 Å². The van der Waals surface area contributed by atoms with Gasteiger partial charge in [-0.25, -0.2) is 12.8 Å². The number of alkyl halides is 1. The molecular formula is C15H15FO2S. The molecule has 0 saturated heterocycles. The molecule has 2 aromatic rings. The van der Waals surface area contributed by atoms with Crippen LogP contribution in [0.4, 0.5) is 4.39 Å². The van der Waals surface area contributed by atoms with Gasteiger partial charge >= 0.3 is 0 Å². The summed E-state index contributed by atoms with van der Waals surface area (Å²) in [6.07, 6.45) is -1.51. The molecule has 1 atom stereocenters. The topological polar surface area (TPSA) is 34.1 Å². The lowest BCUT2D eigenvalue weighted by Crippen LogP contribution is -2.12. The van der Waals surface area contributed by atoms with E-state index in [1.807, 2.05) is 6.92 Å². The molecule has 2 aromatic carbocycles. The predicted octanol–water partition coefficient (Wildman–Crippen LogP) is 3.48. The van der Waals surface area contributed by atoms with Crippen LogP contribution in [0.5, 0.6) is 0 Å². The minimum absolute atomic E-state index is 0.157. The van der Waals surface area contributed by atoms with Crippen molar-refractivity contribution in [3.8, 4) is 0 Å². The zero-order valence-corrected chi connectivity index (χ0v) is 11.4. The summed E-state index contributed by atoms with van der Waals surface area (Å²) < 4.78 is 38.2. The number of aryl methyl sites for hydroxylation is 1. The molecule has 100 valence electrons. The third-order valence-corrected chi connectivity index (χ3v) is 4.63. The first-order valence-corrected chi connectivity index (χ1v) is 7.63. The lowest BCUT2D eigenvalue weighted by molar-refractivity contribution is 0.374. The molecule has 2 rings (SSSR count). The zero-order chi connectivity index (χ0) is 13.9. The summed E-state index contributed by atoms with van der Waals surface area (Å²) in [5, 5.41) is 0. The van der Waals surface area contributed by atoms with E-state index in [0.717, 1.165) is 5.56 Å². The molecule has 0 aromatic heterocycles. The highest BCUT2D eigenvalue weighted by Gasteiger charge is 2.21. The molecule has 0 aliphatic heterocycles. The number of benzene rings is 2. The van der Waals surface area contributed by atoms with E-state index < -0.39 is 21.8 Å². The van der Waals surface area contributed by atoms with E-state index in [9.17, 15) is 12.8 Å². The highest BCUT2D eigenvalue weighted by Crippen LogP contribution is 2.23. The monoisotopic (exact) mass is 278 g/mol. The summed E-state index contributed by atoms with van der Waals surface area (Å²) in [6, 6.07) is 14.8. The summed E-state index contributed by atoms with van der Waals surface area (Å²) >= 11 is 0. The van der Waals surface area contributed by atoms with Crippen molar-refractivity contribution < 1.29 is 12.8 Å². The standard InChI is InChI=1S/C15H15FO2S/c1-12-7-9-13(10-8-12)15(16)11-19(17,18)14-5-3-2-4-6-14/h2-10,15H,11H2,1H3. The Labute approximate surface area is 112 Å². The molecule has 0 fully saturated rings. The highest BCUT2D eigenvalue weighted by atomic mass is 32.2. The first-order chi connectivity index (χ1) is 8.99. The number of rotatable bonds is 4. The molecule has 0 saturated carbocycles. The number of hydrogen-bond donors (Lipinski definition) is 0. The summed E-state index contributed by atoms with van der Waals surface area (Å²) in [5.41, 5.74) is 1.41. The normalized spacial score (nSPS) is 13.2. The quantitative estimate of drug-likeness (QED) is 0.858. The summed E-state index contributed by atoms with van der Waals surface area (Å²) in [5.74, 6) is -0.528. The Morgan fingerprint density at radius 3 is 2.16 bits per heavy atom. The third-order valence-electron chi connectivity index (χ3n) is 2.91. The van der Waals surface area contributed by atoms with Crippen LogP contribution in [0, 0.1) is 6.92 Å². The van der Waals surface area contributed by atoms with Gasteiger partial charge in [-0.2, -0.15) is 0 Å². The molecule has 0 radical (unpaired) electrons. The average Bonchev–Trinajstić information content (AvgIpc) is 2.40. The summed E-state index contributed by atoms with van der Waals surface area (Å²) in [6.45, 7) is 1.90. The van der Waals surface area contributed by atoms with Crippen LogP contribution >= 0.6 is 0 Å². The Morgan fingerprint density at radius 1 is 1.00 bits per heavy atom. The Kier molecular flexibility index (Phi) is 4.00. The minimum Gasteiger partial charge on any atom is -0.241 e. The Balaban J connectivity index is 2.19. The van der Waals surface area contributed by atoms with Crippen LogP contribution in [0.2, 0.25) is 0 Å². The van der Waals surface area contributed by atoms with E-state index >= 15 is 0 Å². The minimum atomic E-state index is -3.59. The van der Waals surface area contributed by atoms with Crippen LogP contribution in [0.15, 0.2) is 59.5 Å². The first kappa shape index (κ1) is 13.7. The van der Waals surface area contributed by atoms with Gasteiger partial charge in [0.25, 0.3) is 0 Å². The maximum absolute atomic E-state index is 14.1. The van der Waals surface area contributed by atoms with E-state index in [2.05, 4.69) is 0 Å². The van der Waals surface area contributed by atoms with Crippen molar-refractivity contribution in [1.82, 2.24) is 0 Å². The molecule has 2 nitrogen and oxygen atoms in total. The summed E-state index contributed by atoms with van der Waals surface area (Å²) in [7, 11) is -3.59. The number of hydrogen-bond acceptors (Lipinski definition) is 2. The van der Waals surface area contributed by atoms with Crippen molar-refractivity contribution in [1.29, 1.82) is 0 Å². The van der Waals surface area contributed by atoms with Crippen LogP contribution in [0.25, 0.3) is 0 Å². The van der Waals surface area contributed by atoms with Crippen molar-refractivity contribution in [3.05, 3.63) is 65.7 Å². The zero-order valence-electron chi connectivity index (χ0n) is 10.6. The molecule has 0 amide bonds. The number of halogens is 1. The second-order valence-corrected chi connectivity index (χ2v) is 6.51. The van der Waals surface area contributed by atoms with E-state index in [1.54, 1.807) is 42.5 Å². The van der Waals surface area contributed by atoms with E-state index in [-0.39, 0.29) is 4.90 Å². The fourth-order valence-corrected chi connectivity index (χ4v) is 3.13. The van der Waals surface area contributed by atoms with Crippen molar-refractivity contribution in [3.63, 3.8) is 0 Å². The maximum atomic E-state index is 14.1. The predicted molar refractivity (Wildman–Crippen MR) is 73.5 cm³/mol. The molecule has 0 spiro atoms. The van der Waals surface area contributed by atoms with Gasteiger partial charge in [-0.3, -0.25) is 0 Å². The van der Waals surface area contributed by atoms with Crippen LogP contribution in [-0.4, -0.2) is 14.2 Å². The molecule has 1 unspecified atom stereocenters. The first-order valence-electron chi connectivity index (χ1n) is 5.97. The van der Waals surface area contributed by atoms with Gasteiger partial charge in [-0.15, -0.1) is 0 Å². The Bertz CT molecular complexity index is 634. The van der Waals surface area contributed by atoms with Crippen molar-refractivity contribution in [2.75, 3.05) is 5.75 Å². The second-order valence-electron chi connectivity index (χ2n) is 4.47. The van der Waals surface area contributed by atoms with E-state index in [1.165, 1.54) is 12.1 Å². The van der Waals surface area contributed by atoms with Gasteiger partial charge in [0.1, 0.15) is 6.17 Å². The largest absolute Gasteiger partial charge is 0.241 e. The number of sulfone groups is 1. The van der Waals surface area contributed by atoms with Crippen LogP contribution in [0.1, 0.15) is 17.3 Å². The SMILES string of the molecule is Cc1ccc(C(F)CS(=O)(=O)c2ccccc2)cc1. The van der Waals surface area contributed by atoms with Gasteiger partial charge in [0, 0.05) is 0 Å². The third kappa shape index (κ3) is 3.41. The lowest BCUT2D eigenvalue weighted by atomic mass is 10.1. The lowest BCUT2D eigenvalue weighted by Gasteiger charge is -2.10. The van der Waals surface area contributed by atoms with Crippen LogP contribution in [0.3, 0.4) is 0 Å². The molecular weight excluding hydrogens is 263 g/mol. The maximum Gasteiger partial charge on any atom is 0.181 e. The fraction of sp³-hybridized carbons (Fsp3) is 0.200. The van der Waals surface area contributed by atoms with Gasteiger partial charge in [0.05, 0.1) is 10.6 Å². The second kappa shape index (κ2) is 5.53. The Hall–Kier alpha value is -1.68. The Morgan fingerprint density at radius 2 is 1.58 bits per heavy atom. The van der Waals surface area contributed by atoms with Crippen LogP contribution in [-0.2, 0) is 9.84 Å². The van der Waals surface area contributed by atoms with Crippen molar-refractivity contribution >= 4 is 9.84 Å². The van der Waals surface area contributed by atoms with Gasteiger partial charge in [0.2, 0.25) is 0 Å². The molecule has 0 aliphatic rings. The van der Waals surface area contributed by atoms with E-state index in [0.29, 0.717) is 5.56 Å². The van der Waals surface area contributed by atoms with Gasteiger partial charge in [-0.1, -0.05) is 48.0 Å². The summed E-state index contributed by atoms with van der Waals surface area (Å²) in [4.78, 5) is 0.157. The van der Waals surface area contributed by atoms with Gasteiger partial charge in [0.15, 0.2) is 9.84 Å². The van der Waals surface area contributed by atoms with Crippen molar-refractivity contribution in [2.24, 2.45) is 0 Å². The smallest absolute Gasteiger partial charge is 0.181 e. The van der Waals surface area contributed by atoms with Crippen molar-refractivity contribution in [2.45, 2.75) is 18.0 Å². The van der Waals surface area contributed by atoms with Crippen LogP contribution < -0.4 is 0 Å². The molecule has 0 N–H and O–H groups in total. The average molecular weight is 278 g/mol. The molecule has 19 heavy (non-hydrogen) atoms. The van der Waals surface area contributed by atoms with Gasteiger partial charge in [-0.05, 0) is 24.6 Å². The highest BCUT2D eigenvalue weighted by molar-refractivity contribution is 7.91. The molecule has 0 heterocycles.